The lowest BCUT2D eigenvalue weighted by Gasteiger charge is -2.02. The maximum Gasteiger partial charge on any atom is 0.208 e. The van der Waals surface area contributed by atoms with E-state index in [4.69, 9.17) is 0 Å². The number of sulfonamides is 1. The molecule has 0 unspecified atom stereocenters. The summed E-state index contributed by atoms with van der Waals surface area (Å²) >= 11 is 0. The molecular formula is C6H14N2O2S. The third kappa shape index (κ3) is 5.17. The highest BCUT2D eigenvalue weighted by atomic mass is 32.2. The predicted molar refractivity (Wildman–Crippen MR) is 43.9 cm³/mol. The average Bonchev–Trinajstić information content (AvgIpc) is 2.60. The standard InChI is InChI=1S/C6H14N2O2S/c1-11(9,10)8-5-4-7-6-2-3-6/h6-8H,2-5H2,1H3. The van der Waals surface area contributed by atoms with Crippen molar-refractivity contribution in [3.8, 4) is 0 Å². The van der Waals surface area contributed by atoms with Crippen LogP contribution in [0, 0.1) is 0 Å². The molecule has 0 aromatic heterocycles. The first-order chi connectivity index (χ1) is 5.08. The summed E-state index contributed by atoms with van der Waals surface area (Å²) in [6.45, 7) is 1.23. The Morgan fingerprint density at radius 3 is 2.45 bits per heavy atom. The highest BCUT2D eigenvalue weighted by molar-refractivity contribution is 7.88. The van der Waals surface area contributed by atoms with E-state index in [2.05, 4.69) is 10.0 Å². The number of hydrogen-bond acceptors (Lipinski definition) is 3. The summed E-state index contributed by atoms with van der Waals surface area (Å²) in [4.78, 5) is 0. The second kappa shape index (κ2) is 3.51. The molecular weight excluding hydrogens is 164 g/mol. The van der Waals surface area contributed by atoms with Crippen LogP contribution in [0.25, 0.3) is 0 Å². The van der Waals surface area contributed by atoms with Crippen molar-refractivity contribution in [2.75, 3.05) is 19.3 Å². The summed E-state index contributed by atoms with van der Waals surface area (Å²) in [6.07, 6.45) is 3.64. The van der Waals surface area contributed by atoms with Gasteiger partial charge in [0.25, 0.3) is 0 Å². The fourth-order valence-electron chi connectivity index (χ4n) is 0.800. The van der Waals surface area contributed by atoms with Crippen LogP contribution in [0.4, 0.5) is 0 Å². The number of nitrogens with one attached hydrogen (secondary N) is 2. The van der Waals surface area contributed by atoms with Gasteiger partial charge in [-0.1, -0.05) is 0 Å². The van der Waals surface area contributed by atoms with Crippen LogP contribution in [0.15, 0.2) is 0 Å². The van der Waals surface area contributed by atoms with E-state index in [-0.39, 0.29) is 0 Å². The summed E-state index contributed by atoms with van der Waals surface area (Å²) in [7, 11) is -2.99. The van der Waals surface area contributed by atoms with E-state index in [1.165, 1.54) is 19.1 Å². The van der Waals surface area contributed by atoms with Crippen molar-refractivity contribution in [2.24, 2.45) is 0 Å². The molecule has 0 atom stereocenters. The van der Waals surface area contributed by atoms with Crippen molar-refractivity contribution >= 4 is 10.0 Å². The van der Waals surface area contributed by atoms with Gasteiger partial charge in [-0.25, -0.2) is 13.1 Å². The van der Waals surface area contributed by atoms with Gasteiger partial charge < -0.3 is 5.32 Å². The molecule has 1 aliphatic rings. The van der Waals surface area contributed by atoms with Gasteiger partial charge in [-0.3, -0.25) is 0 Å². The zero-order chi connectivity index (χ0) is 8.32. The van der Waals surface area contributed by atoms with Gasteiger partial charge in [0.15, 0.2) is 0 Å². The Hall–Kier alpha value is -0.130. The minimum atomic E-state index is -2.99. The van der Waals surface area contributed by atoms with Gasteiger partial charge in [0.05, 0.1) is 6.26 Å². The predicted octanol–water partition coefficient (Wildman–Crippen LogP) is -0.712. The molecule has 0 aliphatic heterocycles. The van der Waals surface area contributed by atoms with E-state index in [1.807, 2.05) is 0 Å². The van der Waals surface area contributed by atoms with Crippen LogP contribution in [0.5, 0.6) is 0 Å². The van der Waals surface area contributed by atoms with Crippen LogP contribution in [-0.2, 0) is 10.0 Å². The van der Waals surface area contributed by atoms with Crippen LogP contribution in [-0.4, -0.2) is 33.8 Å². The van der Waals surface area contributed by atoms with E-state index in [0.29, 0.717) is 12.6 Å². The first-order valence-corrected chi connectivity index (χ1v) is 5.65. The van der Waals surface area contributed by atoms with Crippen LogP contribution in [0.3, 0.4) is 0 Å². The van der Waals surface area contributed by atoms with Crippen molar-refractivity contribution < 1.29 is 8.42 Å². The Bertz CT molecular complexity index is 209. The largest absolute Gasteiger partial charge is 0.313 e. The molecule has 0 saturated heterocycles. The fraction of sp³-hybridized carbons (Fsp3) is 1.00. The Morgan fingerprint density at radius 2 is 2.00 bits per heavy atom. The Kier molecular flexibility index (Phi) is 2.86. The average molecular weight is 178 g/mol. The lowest BCUT2D eigenvalue weighted by molar-refractivity contribution is 0.581. The van der Waals surface area contributed by atoms with E-state index in [9.17, 15) is 8.42 Å². The van der Waals surface area contributed by atoms with Gasteiger partial charge >= 0.3 is 0 Å². The molecule has 0 heterocycles. The molecule has 0 bridgehead atoms. The quantitative estimate of drug-likeness (QED) is 0.547. The van der Waals surface area contributed by atoms with Crippen LogP contribution >= 0.6 is 0 Å². The van der Waals surface area contributed by atoms with Gasteiger partial charge in [-0.05, 0) is 12.8 Å². The smallest absolute Gasteiger partial charge is 0.208 e. The summed E-state index contributed by atoms with van der Waals surface area (Å²) in [5, 5.41) is 3.20. The molecule has 4 nitrogen and oxygen atoms in total. The molecule has 0 amide bonds. The number of hydrogen-bond donors (Lipinski definition) is 2. The molecule has 1 fully saturated rings. The van der Waals surface area contributed by atoms with Crippen LogP contribution < -0.4 is 10.0 Å². The van der Waals surface area contributed by atoms with Gasteiger partial charge in [0, 0.05) is 19.1 Å². The monoisotopic (exact) mass is 178 g/mol. The van der Waals surface area contributed by atoms with E-state index in [1.54, 1.807) is 0 Å². The fourth-order valence-corrected chi connectivity index (χ4v) is 1.27. The maximum absolute atomic E-state index is 10.6. The SMILES string of the molecule is CS(=O)(=O)NCCNC1CC1. The van der Waals surface area contributed by atoms with Gasteiger partial charge in [0.1, 0.15) is 0 Å². The van der Waals surface area contributed by atoms with Crippen molar-refractivity contribution in [1.29, 1.82) is 0 Å². The molecule has 2 N–H and O–H groups in total. The molecule has 1 saturated carbocycles. The molecule has 11 heavy (non-hydrogen) atoms. The van der Waals surface area contributed by atoms with Crippen LogP contribution in [0.1, 0.15) is 12.8 Å². The molecule has 66 valence electrons. The molecule has 0 aromatic rings. The Labute approximate surface area is 67.4 Å². The molecule has 1 rings (SSSR count). The van der Waals surface area contributed by atoms with Crippen molar-refractivity contribution in [2.45, 2.75) is 18.9 Å². The topological polar surface area (TPSA) is 58.2 Å². The van der Waals surface area contributed by atoms with Gasteiger partial charge in [-0.15, -0.1) is 0 Å². The van der Waals surface area contributed by atoms with Gasteiger partial charge in [0.2, 0.25) is 10.0 Å². The maximum atomic E-state index is 10.6. The van der Waals surface area contributed by atoms with E-state index < -0.39 is 10.0 Å². The molecule has 0 aromatic carbocycles. The van der Waals surface area contributed by atoms with Crippen molar-refractivity contribution in [1.82, 2.24) is 10.0 Å². The third-order valence-corrected chi connectivity index (χ3v) is 2.23. The summed E-state index contributed by atoms with van der Waals surface area (Å²) in [5.74, 6) is 0. The molecule has 0 radical (unpaired) electrons. The van der Waals surface area contributed by atoms with Gasteiger partial charge in [-0.2, -0.15) is 0 Å². The molecule has 1 aliphatic carbocycles. The first kappa shape index (κ1) is 8.96. The second-order valence-electron chi connectivity index (χ2n) is 2.89. The second-order valence-corrected chi connectivity index (χ2v) is 4.73. The highest BCUT2D eigenvalue weighted by Crippen LogP contribution is 2.17. The third-order valence-electron chi connectivity index (χ3n) is 1.50. The number of rotatable bonds is 5. The zero-order valence-electron chi connectivity index (χ0n) is 6.63. The van der Waals surface area contributed by atoms with Crippen molar-refractivity contribution in [3.05, 3.63) is 0 Å². The normalized spacial score (nSPS) is 18.6. The van der Waals surface area contributed by atoms with E-state index >= 15 is 0 Å². The zero-order valence-corrected chi connectivity index (χ0v) is 7.45. The first-order valence-electron chi connectivity index (χ1n) is 3.76. The Balaban J connectivity index is 1.95. The lowest BCUT2D eigenvalue weighted by atomic mass is 10.6. The Morgan fingerprint density at radius 1 is 1.36 bits per heavy atom. The lowest BCUT2D eigenvalue weighted by Crippen LogP contribution is -2.31. The minimum Gasteiger partial charge on any atom is -0.313 e. The molecule has 5 heteroatoms. The summed E-state index contributed by atoms with van der Waals surface area (Å²) in [6, 6.07) is 0.649. The van der Waals surface area contributed by atoms with E-state index in [0.717, 1.165) is 6.54 Å². The molecule has 0 spiro atoms. The van der Waals surface area contributed by atoms with Crippen molar-refractivity contribution in [3.63, 3.8) is 0 Å². The summed E-state index contributed by atoms with van der Waals surface area (Å²) < 4.78 is 23.5. The summed E-state index contributed by atoms with van der Waals surface area (Å²) in [5.41, 5.74) is 0. The van der Waals surface area contributed by atoms with Crippen LogP contribution in [0.2, 0.25) is 0 Å². The minimum absolute atomic E-state index is 0.495. The highest BCUT2D eigenvalue weighted by Gasteiger charge is 2.19.